The molecule has 1 aromatic carbocycles. The lowest BCUT2D eigenvalue weighted by Crippen LogP contribution is -2.29. The van der Waals surface area contributed by atoms with Crippen LogP contribution in [0.2, 0.25) is 5.02 Å². The Morgan fingerprint density at radius 2 is 2.00 bits per heavy atom. The molecule has 0 unspecified atom stereocenters. The molecular formula is C14H21ClN2O. The van der Waals surface area contributed by atoms with Crippen LogP contribution in [0.4, 0.5) is 10.5 Å². The van der Waals surface area contributed by atoms with Gasteiger partial charge < -0.3 is 10.6 Å². The van der Waals surface area contributed by atoms with Gasteiger partial charge in [-0.05, 0) is 24.6 Å². The molecule has 0 spiro atoms. The largest absolute Gasteiger partial charge is 0.338 e. The van der Waals surface area contributed by atoms with Crippen LogP contribution >= 0.6 is 11.6 Å². The maximum atomic E-state index is 11.5. The summed E-state index contributed by atoms with van der Waals surface area (Å²) in [6, 6.07) is 6.95. The van der Waals surface area contributed by atoms with E-state index in [1.54, 1.807) is 12.1 Å². The van der Waals surface area contributed by atoms with Crippen LogP contribution in [0.15, 0.2) is 24.3 Å². The van der Waals surface area contributed by atoms with Gasteiger partial charge in [0.15, 0.2) is 0 Å². The summed E-state index contributed by atoms with van der Waals surface area (Å²) in [5.74, 6) is 0. The van der Waals surface area contributed by atoms with Crippen molar-refractivity contribution in [2.45, 2.75) is 39.0 Å². The van der Waals surface area contributed by atoms with Crippen LogP contribution < -0.4 is 10.6 Å². The van der Waals surface area contributed by atoms with Gasteiger partial charge in [-0.2, -0.15) is 0 Å². The second kappa shape index (κ2) is 8.81. The summed E-state index contributed by atoms with van der Waals surface area (Å²) in [7, 11) is 0. The Hall–Kier alpha value is -1.22. The molecule has 0 atom stereocenters. The molecule has 2 N–H and O–H groups in total. The molecule has 0 fully saturated rings. The maximum Gasteiger partial charge on any atom is 0.319 e. The van der Waals surface area contributed by atoms with Gasteiger partial charge >= 0.3 is 6.03 Å². The Morgan fingerprint density at radius 3 is 2.72 bits per heavy atom. The zero-order chi connectivity index (χ0) is 13.2. The Labute approximate surface area is 114 Å². The Morgan fingerprint density at radius 1 is 1.22 bits per heavy atom. The summed E-state index contributed by atoms with van der Waals surface area (Å²) >= 11 is 5.83. The number of hydrogen-bond acceptors (Lipinski definition) is 1. The normalized spacial score (nSPS) is 10.1. The predicted molar refractivity (Wildman–Crippen MR) is 77.2 cm³/mol. The highest BCUT2D eigenvalue weighted by molar-refractivity contribution is 6.30. The molecule has 0 radical (unpaired) electrons. The molecule has 2 amide bonds. The van der Waals surface area contributed by atoms with Gasteiger partial charge in [-0.1, -0.05) is 50.3 Å². The van der Waals surface area contributed by atoms with E-state index in [0.717, 1.165) is 13.0 Å². The Kier molecular flexibility index (Phi) is 7.26. The van der Waals surface area contributed by atoms with Gasteiger partial charge in [0, 0.05) is 17.3 Å². The molecule has 0 aromatic heterocycles. The fourth-order valence-electron chi connectivity index (χ4n) is 1.67. The van der Waals surface area contributed by atoms with E-state index in [1.807, 2.05) is 12.1 Å². The fourth-order valence-corrected chi connectivity index (χ4v) is 1.86. The van der Waals surface area contributed by atoms with E-state index in [0.29, 0.717) is 10.7 Å². The van der Waals surface area contributed by atoms with Crippen molar-refractivity contribution in [2.24, 2.45) is 0 Å². The van der Waals surface area contributed by atoms with Crippen LogP contribution in [0, 0.1) is 0 Å². The van der Waals surface area contributed by atoms with Crippen molar-refractivity contribution in [3.8, 4) is 0 Å². The summed E-state index contributed by atoms with van der Waals surface area (Å²) in [4.78, 5) is 11.5. The second-order valence-corrected chi connectivity index (χ2v) is 4.74. The monoisotopic (exact) mass is 268 g/mol. The number of benzene rings is 1. The summed E-state index contributed by atoms with van der Waals surface area (Å²) in [6.45, 7) is 2.91. The minimum Gasteiger partial charge on any atom is -0.338 e. The van der Waals surface area contributed by atoms with Gasteiger partial charge in [0.1, 0.15) is 0 Å². The standard InChI is InChI=1S/C14H21ClN2O/c1-2-3-4-5-6-10-16-14(18)17-13-9-7-8-12(15)11-13/h7-9,11H,2-6,10H2,1H3,(H2,16,17,18). The van der Waals surface area contributed by atoms with Crippen molar-refractivity contribution in [1.82, 2.24) is 5.32 Å². The van der Waals surface area contributed by atoms with E-state index in [9.17, 15) is 4.79 Å². The molecule has 0 aliphatic heterocycles. The third-order valence-corrected chi connectivity index (χ3v) is 2.88. The number of urea groups is 1. The van der Waals surface area contributed by atoms with Crippen LogP contribution in [0.5, 0.6) is 0 Å². The summed E-state index contributed by atoms with van der Waals surface area (Å²) in [5, 5.41) is 6.20. The van der Waals surface area contributed by atoms with Gasteiger partial charge in [-0.3, -0.25) is 0 Å². The summed E-state index contributed by atoms with van der Waals surface area (Å²) in [6.07, 6.45) is 5.96. The van der Waals surface area contributed by atoms with Crippen LogP contribution in [0.1, 0.15) is 39.0 Å². The highest BCUT2D eigenvalue weighted by Crippen LogP contribution is 2.14. The number of halogens is 1. The first-order chi connectivity index (χ1) is 8.72. The van der Waals surface area contributed by atoms with Crippen LogP contribution in [0.25, 0.3) is 0 Å². The molecule has 0 bridgehead atoms. The van der Waals surface area contributed by atoms with Crippen LogP contribution in [0.3, 0.4) is 0 Å². The van der Waals surface area contributed by atoms with E-state index in [-0.39, 0.29) is 6.03 Å². The number of amides is 2. The fraction of sp³-hybridized carbons (Fsp3) is 0.500. The quantitative estimate of drug-likeness (QED) is 0.706. The summed E-state index contributed by atoms with van der Waals surface area (Å²) in [5.41, 5.74) is 0.714. The molecule has 0 heterocycles. The van der Waals surface area contributed by atoms with Crippen molar-refractivity contribution >= 4 is 23.3 Å². The molecule has 1 rings (SSSR count). The SMILES string of the molecule is CCCCCCCNC(=O)Nc1cccc(Cl)c1. The van der Waals surface area contributed by atoms with Crippen molar-refractivity contribution < 1.29 is 4.79 Å². The van der Waals surface area contributed by atoms with Crippen molar-refractivity contribution in [3.05, 3.63) is 29.3 Å². The van der Waals surface area contributed by atoms with E-state index < -0.39 is 0 Å². The number of carbonyl (C=O) groups is 1. The molecule has 3 nitrogen and oxygen atoms in total. The highest BCUT2D eigenvalue weighted by Gasteiger charge is 2.00. The predicted octanol–water partition coefficient (Wildman–Crippen LogP) is 4.43. The average Bonchev–Trinajstić information content (AvgIpc) is 2.33. The highest BCUT2D eigenvalue weighted by atomic mass is 35.5. The maximum absolute atomic E-state index is 11.5. The van der Waals surface area contributed by atoms with Gasteiger partial charge in [0.2, 0.25) is 0 Å². The number of rotatable bonds is 7. The zero-order valence-corrected chi connectivity index (χ0v) is 11.6. The lowest BCUT2D eigenvalue weighted by molar-refractivity contribution is 0.252. The molecule has 0 aliphatic carbocycles. The van der Waals surface area contributed by atoms with E-state index >= 15 is 0 Å². The van der Waals surface area contributed by atoms with Gasteiger partial charge in [-0.25, -0.2) is 4.79 Å². The Bertz CT molecular complexity index is 369. The average molecular weight is 269 g/mol. The van der Waals surface area contributed by atoms with Crippen molar-refractivity contribution in [2.75, 3.05) is 11.9 Å². The number of carbonyl (C=O) groups excluding carboxylic acids is 1. The van der Waals surface area contributed by atoms with Crippen molar-refractivity contribution in [3.63, 3.8) is 0 Å². The van der Waals surface area contributed by atoms with E-state index in [1.165, 1.54) is 25.7 Å². The minimum atomic E-state index is -0.173. The van der Waals surface area contributed by atoms with Gasteiger partial charge in [-0.15, -0.1) is 0 Å². The summed E-state index contributed by atoms with van der Waals surface area (Å²) < 4.78 is 0. The first-order valence-electron chi connectivity index (χ1n) is 6.53. The zero-order valence-electron chi connectivity index (χ0n) is 10.8. The first-order valence-corrected chi connectivity index (χ1v) is 6.90. The number of unbranched alkanes of at least 4 members (excludes halogenated alkanes) is 4. The van der Waals surface area contributed by atoms with Gasteiger partial charge in [0.25, 0.3) is 0 Å². The first kappa shape index (κ1) is 14.8. The number of nitrogens with one attached hydrogen (secondary N) is 2. The molecule has 0 aliphatic rings. The lowest BCUT2D eigenvalue weighted by atomic mass is 10.1. The second-order valence-electron chi connectivity index (χ2n) is 4.31. The van der Waals surface area contributed by atoms with Crippen LogP contribution in [-0.4, -0.2) is 12.6 Å². The molecule has 1 aromatic rings. The third kappa shape index (κ3) is 6.50. The topological polar surface area (TPSA) is 41.1 Å². The van der Waals surface area contributed by atoms with Crippen molar-refractivity contribution in [1.29, 1.82) is 0 Å². The van der Waals surface area contributed by atoms with E-state index in [2.05, 4.69) is 17.6 Å². The Balaban J connectivity index is 2.14. The van der Waals surface area contributed by atoms with Gasteiger partial charge in [0.05, 0.1) is 0 Å². The molecular weight excluding hydrogens is 248 g/mol. The number of anilines is 1. The molecule has 4 heteroatoms. The molecule has 0 saturated carbocycles. The smallest absolute Gasteiger partial charge is 0.319 e. The van der Waals surface area contributed by atoms with E-state index in [4.69, 9.17) is 11.6 Å². The molecule has 0 saturated heterocycles. The minimum absolute atomic E-state index is 0.173. The van der Waals surface area contributed by atoms with Crippen LogP contribution in [-0.2, 0) is 0 Å². The number of hydrogen-bond donors (Lipinski definition) is 2. The lowest BCUT2D eigenvalue weighted by Gasteiger charge is -2.07. The molecule has 18 heavy (non-hydrogen) atoms. The third-order valence-electron chi connectivity index (χ3n) is 2.65. The molecule has 100 valence electrons.